The van der Waals surface area contributed by atoms with Crippen molar-refractivity contribution in [2.45, 2.75) is 43.6 Å². The van der Waals surface area contributed by atoms with E-state index >= 15 is 0 Å². The van der Waals surface area contributed by atoms with Crippen LogP contribution in [0, 0.1) is 5.82 Å². The molecule has 94 valence electrons. The monoisotopic (exact) mass is 237 g/mol. The highest BCUT2D eigenvalue weighted by atomic mass is 19.1. The van der Waals surface area contributed by atoms with Crippen molar-refractivity contribution in [1.82, 2.24) is 0 Å². The van der Waals surface area contributed by atoms with Gasteiger partial charge in [0.25, 0.3) is 0 Å². The summed E-state index contributed by atoms with van der Waals surface area (Å²) >= 11 is 0. The van der Waals surface area contributed by atoms with Crippen molar-refractivity contribution < 1.29 is 9.50 Å². The maximum atomic E-state index is 13.9. The molecule has 0 bridgehead atoms. The number of rotatable bonds is 2. The summed E-state index contributed by atoms with van der Waals surface area (Å²) in [7, 11) is 0. The number of hydrogen-bond donors (Lipinski definition) is 2. The van der Waals surface area contributed by atoms with Gasteiger partial charge in [-0.05, 0) is 44.2 Å². The zero-order valence-corrected chi connectivity index (χ0v) is 10.2. The van der Waals surface area contributed by atoms with Crippen molar-refractivity contribution in [3.8, 4) is 0 Å². The SMILES string of the molecule is CC1(O)CCC(CN)(c2ccccc2F)CC1. The minimum absolute atomic E-state index is 0.181. The number of aliphatic hydroxyl groups is 1. The summed E-state index contributed by atoms with van der Waals surface area (Å²) in [5.41, 5.74) is 5.67. The highest BCUT2D eigenvalue weighted by Crippen LogP contribution is 2.43. The van der Waals surface area contributed by atoms with Crippen LogP contribution in [-0.2, 0) is 5.41 Å². The van der Waals surface area contributed by atoms with Gasteiger partial charge in [0.15, 0.2) is 0 Å². The van der Waals surface area contributed by atoms with Gasteiger partial charge in [0.2, 0.25) is 0 Å². The van der Waals surface area contributed by atoms with Crippen molar-refractivity contribution in [3.05, 3.63) is 35.6 Å². The molecule has 1 aromatic carbocycles. The van der Waals surface area contributed by atoms with Crippen molar-refractivity contribution in [2.24, 2.45) is 5.73 Å². The Bertz CT molecular complexity index is 393. The quantitative estimate of drug-likeness (QED) is 0.829. The van der Waals surface area contributed by atoms with E-state index in [9.17, 15) is 9.50 Å². The van der Waals surface area contributed by atoms with Crippen LogP contribution in [0.25, 0.3) is 0 Å². The van der Waals surface area contributed by atoms with E-state index in [1.807, 2.05) is 19.1 Å². The lowest BCUT2D eigenvalue weighted by Crippen LogP contribution is -2.44. The third-order valence-electron chi connectivity index (χ3n) is 4.12. The van der Waals surface area contributed by atoms with Crippen LogP contribution in [-0.4, -0.2) is 17.3 Å². The van der Waals surface area contributed by atoms with Crippen LogP contribution >= 0.6 is 0 Å². The van der Waals surface area contributed by atoms with Crippen molar-refractivity contribution in [1.29, 1.82) is 0 Å². The molecule has 0 aromatic heterocycles. The Labute approximate surface area is 102 Å². The molecule has 0 atom stereocenters. The summed E-state index contributed by atoms with van der Waals surface area (Å²) in [4.78, 5) is 0. The highest BCUT2D eigenvalue weighted by Gasteiger charge is 2.40. The summed E-state index contributed by atoms with van der Waals surface area (Å²) in [5.74, 6) is -0.181. The van der Waals surface area contributed by atoms with Crippen LogP contribution < -0.4 is 5.73 Å². The van der Waals surface area contributed by atoms with Crippen LogP contribution in [0.2, 0.25) is 0 Å². The van der Waals surface area contributed by atoms with E-state index in [2.05, 4.69) is 0 Å². The minimum Gasteiger partial charge on any atom is -0.390 e. The number of benzene rings is 1. The van der Waals surface area contributed by atoms with Gasteiger partial charge in [0, 0.05) is 12.0 Å². The van der Waals surface area contributed by atoms with Gasteiger partial charge in [-0.15, -0.1) is 0 Å². The normalized spacial score (nSPS) is 33.6. The van der Waals surface area contributed by atoms with Gasteiger partial charge in [-0.3, -0.25) is 0 Å². The molecule has 2 nitrogen and oxygen atoms in total. The molecule has 3 N–H and O–H groups in total. The van der Waals surface area contributed by atoms with E-state index in [1.165, 1.54) is 6.07 Å². The molecule has 17 heavy (non-hydrogen) atoms. The molecule has 0 unspecified atom stereocenters. The fraction of sp³-hybridized carbons (Fsp3) is 0.571. The molecular weight excluding hydrogens is 217 g/mol. The molecule has 1 aliphatic rings. The first kappa shape index (κ1) is 12.5. The van der Waals surface area contributed by atoms with E-state index in [4.69, 9.17) is 5.73 Å². The second-order valence-electron chi connectivity index (χ2n) is 5.46. The number of nitrogens with two attached hydrogens (primary N) is 1. The summed E-state index contributed by atoms with van der Waals surface area (Å²) in [6, 6.07) is 6.85. The maximum absolute atomic E-state index is 13.9. The highest BCUT2D eigenvalue weighted by molar-refractivity contribution is 5.28. The van der Waals surface area contributed by atoms with Crippen molar-refractivity contribution >= 4 is 0 Å². The summed E-state index contributed by atoms with van der Waals surface area (Å²) < 4.78 is 13.9. The second kappa shape index (κ2) is 4.39. The van der Waals surface area contributed by atoms with E-state index in [1.54, 1.807) is 6.07 Å². The molecule has 0 radical (unpaired) electrons. The molecule has 2 rings (SSSR count). The molecule has 1 aliphatic carbocycles. The second-order valence-corrected chi connectivity index (χ2v) is 5.46. The standard InChI is InChI=1S/C14H20FNO/c1-13(17)6-8-14(10-16,9-7-13)11-4-2-3-5-12(11)15/h2-5,17H,6-10,16H2,1H3. The lowest BCUT2D eigenvalue weighted by atomic mass is 9.65. The molecule has 0 saturated heterocycles. The van der Waals surface area contributed by atoms with Gasteiger partial charge < -0.3 is 10.8 Å². The van der Waals surface area contributed by atoms with E-state index < -0.39 is 5.60 Å². The summed E-state index contributed by atoms with van der Waals surface area (Å²) in [6.45, 7) is 2.28. The average molecular weight is 237 g/mol. The lowest BCUT2D eigenvalue weighted by Gasteiger charge is -2.42. The Balaban J connectivity index is 2.31. The molecule has 0 amide bonds. The summed E-state index contributed by atoms with van der Waals surface area (Å²) in [6.07, 6.45) is 2.85. The summed E-state index contributed by atoms with van der Waals surface area (Å²) in [5, 5.41) is 9.98. The van der Waals surface area contributed by atoms with Gasteiger partial charge in [0.1, 0.15) is 5.82 Å². The third kappa shape index (κ3) is 2.35. The maximum Gasteiger partial charge on any atom is 0.127 e. The smallest absolute Gasteiger partial charge is 0.127 e. The molecule has 0 heterocycles. The molecule has 1 saturated carbocycles. The topological polar surface area (TPSA) is 46.2 Å². The Morgan fingerprint density at radius 2 is 1.82 bits per heavy atom. The molecule has 0 aliphatic heterocycles. The van der Waals surface area contributed by atoms with Crippen molar-refractivity contribution in [3.63, 3.8) is 0 Å². The fourth-order valence-corrected chi connectivity index (χ4v) is 2.74. The first-order chi connectivity index (χ1) is 7.99. The van der Waals surface area contributed by atoms with Crippen molar-refractivity contribution in [2.75, 3.05) is 6.54 Å². The Kier molecular flexibility index (Phi) is 3.23. The predicted octanol–water partition coefficient (Wildman–Crippen LogP) is 2.35. The van der Waals surface area contributed by atoms with Gasteiger partial charge in [0.05, 0.1) is 5.60 Å². The van der Waals surface area contributed by atoms with Crippen LogP contribution in [0.3, 0.4) is 0 Å². The van der Waals surface area contributed by atoms with Crippen LogP contribution in [0.4, 0.5) is 4.39 Å². The Hall–Kier alpha value is -0.930. The first-order valence-electron chi connectivity index (χ1n) is 6.17. The minimum atomic E-state index is -0.621. The van der Waals surface area contributed by atoms with E-state index in [0.717, 1.165) is 12.8 Å². The van der Waals surface area contributed by atoms with Crippen LogP contribution in [0.5, 0.6) is 0 Å². The van der Waals surface area contributed by atoms with Gasteiger partial charge in [-0.25, -0.2) is 4.39 Å². The largest absolute Gasteiger partial charge is 0.390 e. The predicted molar refractivity (Wildman–Crippen MR) is 66.2 cm³/mol. The first-order valence-corrected chi connectivity index (χ1v) is 6.17. The van der Waals surface area contributed by atoms with Gasteiger partial charge in [-0.2, -0.15) is 0 Å². The Morgan fingerprint density at radius 1 is 1.24 bits per heavy atom. The lowest BCUT2D eigenvalue weighted by molar-refractivity contribution is 0.000868. The molecule has 1 aromatic rings. The number of hydrogen-bond acceptors (Lipinski definition) is 2. The van der Waals surface area contributed by atoms with E-state index in [-0.39, 0.29) is 11.2 Å². The average Bonchev–Trinajstić information content (AvgIpc) is 2.31. The van der Waals surface area contributed by atoms with Crippen LogP contribution in [0.15, 0.2) is 24.3 Å². The zero-order chi connectivity index (χ0) is 12.5. The molecule has 0 spiro atoms. The van der Waals surface area contributed by atoms with Crippen LogP contribution in [0.1, 0.15) is 38.2 Å². The molecule has 1 fully saturated rings. The fourth-order valence-electron chi connectivity index (χ4n) is 2.74. The third-order valence-corrected chi connectivity index (χ3v) is 4.12. The molecular formula is C14H20FNO. The zero-order valence-electron chi connectivity index (χ0n) is 10.2. The van der Waals surface area contributed by atoms with E-state index in [0.29, 0.717) is 24.9 Å². The number of halogens is 1. The Morgan fingerprint density at radius 3 is 2.35 bits per heavy atom. The van der Waals surface area contributed by atoms with Gasteiger partial charge in [-0.1, -0.05) is 18.2 Å². The van der Waals surface area contributed by atoms with Gasteiger partial charge >= 0.3 is 0 Å². The molecule has 3 heteroatoms.